The molecule has 33 heavy (non-hydrogen) atoms. The Morgan fingerprint density at radius 1 is 1.15 bits per heavy atom. The quantitative estimate of drug-likeness (QED) is 0.266. The fourth-order valence-electron chi connectivity index (χ4n) is 4.79. The normalized spacial score (nSPS) is 18.7. The van der Waals surface area contributed by atoms with Gasteiger partial charge in [-0.15, -0.1) is 12.6 Å². The van der Waals surface area contributed by atoms with E-state index in [4.69, 9.17) is 5.73 Å². The van der Waals surface area contributed by atoms with Crippen LogP contribution in [-0.2, 0) is 12.0 Å². The van der Waals surface area contributed by atoms with Crippen LogP contribution in [0.1, 0.15) is 71.9 Å². The Morgan fingerprint density at radius 3 is 2.48 bits per heavy atom. The van der Waals surface area contributed by atoms with Gasteiger partial charge in [-0.25, -0.2) is 0 Å². The minimum atomic E-state index is -0.0769. The first-order valence-electron chi connectivity index (χ1n) is 12.2. The lowest BCUT2D eigenvalue weighted by atomic mass is 9.77. The molecule has 4 N–H and O–H groups in total. The molecule has 1 aromatic rings. The maximum absolute atomic E-state index is 5.89. The van der Waals surface area contributed by atoms with E-state index in [1.807, 2.05) is 13.8 Å². The number of thiol groups is 2. The third-order valence-corrected chi connectivity index (χ3v) is 7.05. The summed E-state index contributed by atoms with van der Waals surface area (Å²) in [6.07, 6.45) is 14.8. The molecular formula is C28H44N3S2+. The summed E-state index contributed by atoms with van der Waals surface area (Å²) in [5.41, 5.74) is 13.7. The third kappa shape index (κ3) is 6.19. The molecule has 1 aromatic carbocycles. The summed E-state index contributed by atoms with van der Waals surface area (Å²) in [5.74, 6) is 1.44. The van der Waals surface area contributed by atoms with E-state index < -0.39 is 0 Å². The smallest absolute Gasteiger partial charge is 0.129 e. The van der Waals surface area contributed by atoms with Gasteiger partial charge in [0.05, 0.1) is 5.88 Å². The van der Waals surface area contributed by atoms with Crippen LogP contribution in [0.4, 0.5) is 5.69 Å². The van der Waals surface area contributed by atoms with E-state index in [1.165, 1.54) is 33.8 Å². The Bertz CT molecular complexity index is 923. The van der Waals surface area contributed by atoms with Crippen molar-refractivity contribution >= 4 is 30.9 Å². The van der Waals surface area contributed by atoms with Crippen molar-refractivity contribution in [3.8, 4) is 0 Å². The van der Waals surface area contributed by atoms with Crippen molar-refractivity contribution in [3.63, 3.8) is 0 Å². The molecule has 0 atom stereocenters. The van der Waals surface area contributed by atoms with Gasteiger partial charge in [0, 0.05) is 28.9 Å². The number of anilines is 1. The summed E-state index contributed by atoms with van der Waals surface area (Å²) in [7, 11) is 0. The Hall–Kier alpha value is -1.40. The van der Waals surface area contributed by atoms with Gasteiger partial charge in [0.15, 0.2) is 0 Å². The molecule has 1 aliphatic carbocycles. The van der Waals surface area contributed by atoms with Crippen LogP contribution in [0.15, 0.2) is 65.5 Å². The molecule has 2 aliphatic rings. The second-order valence-corrected chi connectivity index (χ2v) is 10.2. The van der Waals surface area contributed by atoms with Gasteiger partial charge in [0.1, 0.15) is 11.6 Å². The van der Waals surface area contributed by atoms with Gasteiger partial charge in [0.25, 0.3) is 0 Å². The van der Waals surface area contributed by atoms with Crippen molar-refractivity contribution < 1.29 is 5.32 Å². The van der Waals surface area contributed by atoms with Gasteiger partial charge >= 0.3 is 0 Å². The van der Waals surface area contributed by atoms with E-state index in [0.29, 0.717) is 12.4 Å². The van der Waals surface area contributed by atoms with Crippen LogP contribution in [0.2, 0.25) is 0 Å². The zero-order valence-corrected chi connectivity index (χ0v) is 23.1. The summed E-state index contributed by atoms with van der Waals surface area (Å²) in [6, 6.07) is 6.56. The molecule has 182 valence electrons. The molecule has 0 saturated heterocycles. The van der Waals surface area contributed by atoms with Crippen LogP contribution in [0.3, 0.4) is 0 Å². The van der Waals surface area contributed by atoms with Crippen LogP contribution >= 0.6 is 25.3 Å². The fraction of sp³-hybridized carbons (Fsp3) is 0.500. The third-order valence-electron chi connectivity index (χ3n) is 6.58. The number of fused-ring (bicyclic) bond motifs is 1. The second-order valence-electron chi connectivity index (χ2n) is 9.56. The van der Waals surface area contributed by atoms with Crippen molar-refractivity contribution in [1.29, 1.82) is 0 Å². The molecule has 0 radical (unpaired) electrons. The predicted molar refractivity (Wildman–Crippen MR) is 152 cm³/mol. The maximum atomic E-state index is 5.89. The molecule has 3 rings (SSSR count). The highest BCUT2D eigenvalue weighted by Crippen LogP contribution is 2.48. The van der Waals surface area contributed by atoms with Crippen molar-refractivity contribution in [2.45, 2.75) is 72.8 Å². The van der Waals surface area contributed by atoms with Gasteiger partial charge < -0.3 is 16.0 Å². The van der Waals surface area contributed by atoms with Crippen molar-refractivity contribution in [3.05, 3.63) is 76.7 Å². The van der Waals surface area contributed by atoms with E-state index in [9.17, 15) is 0 Å². The first-order valence-corrected chi connectivity index (χ1v) is 13.5. The average molecular weight is 487 g/mol. The molecule has 1 aliphatic heterocycles. The predicted octanol–water partition coefficient (Wildman–Crippen LogP) is 6.07. The maximum Gasteiger partial charge on any atom is 0.129 e. The number of nitrogens with zero attached hydrogens (tertiary/aromatic N) is 1. The molecule has 0 saturated carbocycles. The molecule has 0 fully saturated rings. The highest BCUT2D eigenvalue weighted by atomic mass is 32.1. The van der Waals surface area contributed by atoms with Crippen molar-refractivity contribution in [2.75, 3.05) is 16.7 Å². The summed E-state index contributed by atoms with van der Waals surface area (Å²) >= 11 is 9.04. The van der Waals surface area contributed by atoms with Crippen LogP contribution in [0.5, 0.6) is 0 Å². The van der Waals surface area contributed by atoms with Crippen LogP contribution < -0.4 is 16.0 Å². The highest BCUT2D eigenvalue weighted by Gasteiger charge is 2.39. The topological polar surface area (TPSA) is 45.9 Å². The number of quaternary nitrogens is 1. The molecule has 3 nitrogen and oxygen atoms in total. The van der Waals surface area contributed by atoms with E-state index in [-0.39, 0.29) is 10.8 Å². The molecule has 5 heteroatoms. The SMILES string of the molecule is CC.CC(C)(C/C=C/C=C1/N(CS)c2ccc(CN)cc2C1(C)C)C1=CCCC=C1[NH2+]CS. The Kier molecular flexibility index (Phi) is 10.4. The number of allylic oxidation sites excluding steroid dienone is 7. The number of hydrogen-bond acceptors (Lipinski definition) is 4. The first-order chi connectivity index (χ1) is 15.8. The van der Waals surface area contributed by atoms with Gasteiger partial charge in [-0.1, -0.05) is 71.9 Å². The Morgan fingerprint density at radius 2 is 1.85 bits per heavy atom. The zero-order valence-electron chi connectivity index (χ0n) is 21.4. The van der Waals surface area contributed by atoms with E-state index >= 15 is 0 Å². The van der Waals surface area contributed by atoms with Crippen LogP contribution in [0, 0.1) is 5.41 Å². The van der Waals surface area contributed by atoms with Gasteiger partial charge in [-0.3, -0.25) is 0 Å². The average Bonchev–Trinajstić information content (AvgIpc) is 3.03. The van der Waals surface area contributed by atoms with E-state index in [1.54, 1.807) is 0 Å². The van der Waals surface area contributed by atoms with Crippen LogP contribution in [-0.4, -0.2) is 11.8 Å². The first kappa shape index (κ1) is 27.8. The number of nitrogens with two attached hydrogens (primary N) is 2. The summed E-state index contributed by atoms with van der Waals surface area (Å²) in [5, 5.41) is 2.24. The Balaban J connectivity index is 0.00000187. The second kappa shape index (κ2) is 12.3. The fourth-order valence-corrected chi connectivity index (χ4v) is 5.29. The largest absolute Gasteiger partial charge is 0.334 e. The lowest BCUT2D eigenvalue weighted by Crippen LogP contribution is -2.81. The minimum absolute atomic E-state index is 0.0769. The molecule has 0 bridgehead atoms. The molecule has 1 heterocycles. The molecular weight excluding hydrogens is 442 g/mol. The van der Waals surface area contributed by atoms with Gasteiger partial charge in [0.2, 0.25) is 0 Å². The Labute approximate surface area is 213 Å². The number of rotatable bonds is 8. The standard InChI is InChI=1S/C26H37N3S2.C2H6/c1-25(2,20-9-5-6-10-22(20)28-17-30)14-8-7-11-24-26(3,4)21-15-19(16-27)12-13-23(21)29(24)18-31;1-2/h7-13,15,28,30-31H,5-6,14,16-18,27H2,1-4H3;1-2H3/p+1/b8-7+,24-11+;. The summed E-state index contributed by atoms with van der Waals surface area (Å²) in [4.78, 5) is 2.31. The monoisotopic (exact) mass is 486 g/mol. The van der Waals surface area contributed by atoms with Crippen molar-refractivity contribution in [1.82, 2.24) is 0 Å². The summed E-state index contributed by atoms with van der Waals surface area (Å²) in [6.45, 7) is 13.8. The zero-order chi connectivity index (χ0) is 24.6. The van der Waals surface area contributed by atoms with Gasteiger partial charge in [-0.05, 0) is 54.0 Å². The lowest BCUT2D eigenvalue weighted by molar-refractivity contribution is -0.583. The van der Waals surface area contributed by atoms with Crippen molar-refractivity contribution in [2.24, 2.45) is 11.1 Å². The number of hydrogen-bond donors (Lipinski definition) is 4. The molecule has 0 aromatic heterocycles. The molecule has 0 unspecified atom stereocenters. The van der Waals surface area contributed by atoms with E-state index in [2.05, 4.69) is 112 Å². The van der Waals surface area contributed by atoms with Crippen LogP contribution in [0.25, 0.3) is 0 Å². The molecule has 0 spiro atoms. The number of benzene rings is 1. The minimum Gasteiger partial charge on any atom is -0.334 e. The molecule has 0 amide bonds. The highest BCUT2D eigenvalue weighted by molar-refractivity contribution is 7.80. The van der Waals surface area contributed by atoms with Gasteiger partial charge in [-0.2, -0.15) is 12.6 Å². The lowest BCUT2D eigenvalue weighted by Gasteiger charge is -2.29. The summed E-state index contributed by atoms with van der Waals surface area (Å²) < 4.78 is 0. The van der Waals surface area contributed by atoms with E-state index in [0.717, 1.165) is 25.1 Å².